The zero-order valence-electron chi connectivity index (χ0n) is 16.9. The predicted octanol–water partition coefficient (Wildman–Crippen LogP) is 3.41. The first-order chi connectivity index (χ1) is 11.6. The Balaban J connectivity index is 3.37. The monoisotopic (exact) mass is 346 g/mol. The number of hydrogen-bond donors (Lipinski definition) is 1. The van der Waals surface area contributed by atoms with Gasteiger partial charge in [-0.1, -0.05) is 38.5 Å². The second-order valence-electron chi connectivity index (χ2n) is 7.10. The average Bonchev–Trinajstić information content (AvgIpc) is 2.74. The third kappa shape index (κ3) is 5.80. The molecule has 0 fully saturated rings. The highest BCUT2D eigenvalue weighted by Crippen LogP contribution is 2.20. The molecule has 4 nitrogen and oxygen atoms in total. The third-order valence-electron chi connectivity index (χ3n) is 4.76. The molecule has 0 saturated carbocycles. The number of alkyl carbamates (subject to hydrolysis) is 1. The molecule has 1 heterocycles. The van der Waals surface area contributed by atoms with Crippen LogP contribution in [0.25, 0.3) is 12.7 Å². The van der Waals surface area contributed by atoms with Gasteiger partial charge in [-0.2, -0.15) is 0 Å². The highest BCUT2D eigenvalue weighted by molar-refractivity contribution is 5.71. The van der Waals surface area contributed by atoms with E-state index in [0.29, 0.717) is 12.5 Å². The largest absolute Gasteiger partial charge is 0.450 e. The maximum absolute atomic E-state index is 12.1. The number of nitrogens with zero attached hydrogens (tertiary/aromatic N) is 1. The fourth-order valence-corrected chi connectivity index (χ4v) is 3.04. The highest BCUT2D eigenvalue weighted by Gasteiger charge is 2.23. The van der Waals surface area contributed by atoms with Crippen molar-refractivity contribution in [2.45, 2.75) is 59.9 Å². The van der Waals surface area contributed by atoms with Gasteiger partial charge in [-0.05, 0) is 57.4 Å². The first kappa shape index (κ1) is 21.1. The van der Waals surface area contributed by atoms with Crippen molar-refractivity contribution in [2.75, 3.05) is 6.61 Å². The third-order valence-corrected chi connectivity index (χ3v) is 4.76. The molecule has 0 aromatic carbocycles. The summed E-state index contributed by atoms with van der Waals surface area (Å²) < 4.78 is 7.15. The number of nitrogens with one attached hydrogen (secondary N) is 1. The lowest BCUT2D eigenvalue weighted by atomic mass is 9.90. The summed E-state index contributed by atoms with van der Waals surface area (Å²) >= 11 is 0. The molecule has 0 radical (unpaired) electrons. The van der Waals surface area contributed by atoms with Crippen LogP contribution in [0.1, 0.15) is 53.2 Å². The van der Waals surface area contributed by atoms with E-state index in [2.05, 4.69) is 50.9 Å². The van der Waals surface area contributed by atoms with Crippen molar-refractivity contribution >= 4 is 18.7 Å². The van der Waals surface area contributed by atoms with Crippen molar-refractivity contribution in [3.63, 3.8) is 0 Å². The fourth-order valence-electron chi connectivity index (χ4n) is 3.04. The van der Waals surface area contributed by atoms with Gasteiger partial charge in [-0.25, -0.2) is 4.79 Å². The second kappa shape index (κ2) is 8.93. The number of amides is 1. The summed E-state index contributed by atoms with van der Waals surface area (Å²) in [5, 5.41) is 4.95. The average molecular weight is 347 g/mol. The summed E-state index contributed by atoms with van der Waals surface area (Å²) in [6.45, 7) is 16.9. The number of aryl methyl sites for hydroxylation is 1. The van der Waals surface area contributed by atoms with Crippen LogP contribution in [0.5, 0.6) is 0 Å². The Kier molecular flexibility index (Phi) is 7.53. The molecule has 4 heteroatoms. The lowest BCUT2D eigenvalue weighted by Crippen LogP contribution is -2.45. The Hall–Kier alpha value is -1.97. The van der Waals surface area contributed by atoms with Crippen LogP contribution >= 0.6 is 0 Å². The maximum atomic E-state index is 12.1. The topological polar surface area (TPSA) is 43.3 Å². The summed E-state index contributed by atoms with van der Waals surface area (Å²) in [5.41, 5.74) is 1.75. The molecule has 140 valence electrons. The Labute approximate surface area is 152 Å². The molecular formula is C21H34N2O2. The van der Waals surface area contributed by atoms with Crippen LogP contribution in [-0.2, 0) is 11.8 Å². The lowest BCUT2D eigenvalue weighted by molar-refractivity contribution is 0.148. The second-order valence-corrected chi connectivity index (χ2v) is 7.10. The minimum atomic E-state index is -0.640. The predicted molar refractivity (Wildman–Crippen MR) is 106 cm³/mol. The van der Waals surface area contributed by atoms with Crippen molar-refractivity contribution in [3.8, 4) is 0 Å². The Morgan fingerprint density at radius 1 is 1.48 bits per heavy atom. The number of rotatable bonds is 7. The number of hydrogen-bond acceptors (Lipinski definition) is 2. The SMILES string of the molecule is C=c1c(=CC(C)(C=C(C)C(C)CCC)NC(=O)OCC)cc(C)n1C. The van der Waals surface area contributed by atoms with Gasteiger partial charge in [0.15, 0.2) is 0 Å². The number of carbonyl (C=O) groups is 1. The van der Waals surface area contributed by atoms with E-state index in [1.807, 2.05) is 25.5 Å². The standard InChI is InChI=1S/C21H34N2O2/c1-9-11-15(3)16(4)13-21(7,22-20(24)25-10-2)14-19-12-17(5)23(8)18(19)6/h12-15H,6,9-11H2,1-5,7-8H3,(H,22,24). The summed E-state index contributed by atoms with van der Waals surface area (Å²) in [7, 11) is 2.00. The normalized spacial score (nSPS) is 16.4. The fraction of sp³-hybridized carbons (Fsp3) is 0.571. The van der Waals surface area contributed by atoms with E-state index < -0.39 is 11.6 Å². The molecule has 0 aliphatic carbocycles. The van der Waals surface area contributed by atoms with Crippen molar-refractivity contribution in [1.82, 2.24) is 9.88 Å². The molecule has 1 aromatic rings. The van der Waals surface area contributed by atoms with Gasteiger partial charge >= 0.3 is 6.09 Å². The molecule has 25 heavy (non-hydrogen) atoms. The highest BCUT2D eigenvalue weighted by atomic mass is 16.5. The van der Waals surface area contributed by atoms with Crippen LogP contribution in [0, 0.1) is 12.8 Å². The number of carbonyl (C=O) groups excluding carboxylic acids is 1. The minimum Gasteiger partial charge on any atom is -0.450 e. The first-order valence-corrected chi connectivity index (χ1v) is 9.12. The zero-order chi connectivity index (χ0) is 19.2. The van der Waals surface area contributed by atoms with E-state index in [1.54, 1.807) is 6.92 Å². The van der Waals surface area contributed by atoms with E-state index in [9.17, 15) is 4.79 Å². The molecule has 1 amide bonds. The van der Waals surface area contributed by atoms with Crippen LogP contribution in [0.15, 0.2) is 17.7 Å². The maximum Gasteiger partial charge on any atom is 0.408 e. The Morgan fingerprint density at radius 3 is 2.60 bits per heavy atom. The lowest BCUT2D eigenvalue weighted by Gasteiger charge is -2.26. The molecule has 0 bridgehead atoms. The molecule has 0 aliphatic heterocycles. The summed E-state index contributed by atoms with van der Waals surface area (Å²) in [4.78, 5) is 12.1. The van der Waals surface area contributed by atoms with Gasteiger partial charge in [0.05, 0.1) is 12.1 Å². The van der Waals surface area contributed by atoms with Crippen LogP contribution in [-0.4, -0.2) is 22.8 Å². The van der Waals surface area contributed by atoms with E-state index in [4.69, 9.17) is 4.74 Å². The quantitative estimate of drug-likeness (QED) is 0.769. The molecular weight excluding hydrogens is 312 g/mol. The smallest absolute Gasteiger partial charge is 0.408 e. The van der Waals surface area contributed by atoms with E-state index in [-0.39, 0.29) is 0 Å². The Morgan fingerprint density at radius 2 is 2.12 bits per heavy atom. The van der Waals surface area contributed by atoms with E-state index in [0.717, 1.165) is 29.1 Å². The molecule has 0 saturated heterocycles. The van der Waals surface area contributed by atoms with Crippen molar-refractivity contribution in [3.05, 3.63) is 34.0 Å². The molecule has 2 unspecified atom stereocenters. The molecule has 1 aromatic heterocycles. The summed E-state index contributed by atoms with van der Waals surface area (Å²) in [6, 6.07) is 2.09. The van der Waals surface area contributed by atoms with Crippen LogP contribution < -0.4 is 15.9 Å². The zero-order valence-corrected chi connectivity index (χ0v) is 16.9. The first-order valence-electron chi connectivity index (χ1n) is 9.12. The number of allylic oxidation sites excluding steroid dienone is 1. The van der Waals surface area contributed by atoms with Crippen LogP contribution in [0.3, 0.4) is 0 Å². The van der Waals surface area contributed by atoms with Gasteiger partial charge in [0, 0.05) is 18.1 Å². The van der Waals surface area contributed by atoms with Crippen LogP contribution in [0.4, 0.5) is 4.79 Å². The van der Waals surface area contributed by atoms with Gasteiger partial charge < -0.3 is 14.6 Å². The van der Waals surface area contributed by atoms with Gasteiger partial charge in [0.25, 0.3) is 0 Å². The van der Waals surface area contributed by atoms with Gasteiger partial charge in [0.2, 0.25) is 0 Å². The van der Waals surface area contributed by atoms with Gasteiger partial charge in [-0.15, -0.1) is 0 Å². The number of ether oxygens (including phenoxy) is 1. The van der Waals surface area contributed by atoms with Gasteiger partial charge in [0.1, 0.15) is 0 Å². The van der Waals surface area contributed by atoms with Crippen molar-refractivity contribution in [2.24, 2.45) is 13.0 Å². The molecule has 1 N–H and O–H groups in total. The molecule has 0 spiro atoms. The van der Waals surface area contributed by atoms with Crippen molar-refractivity contribution < 1.29 is 9.53 Å². The summed E-state index contributed by atoms with van der Waals surface area (Å²) in [5.74, 6) is 0.471. The van der Waals surface area contributed by atoms with E-state index >= 15 is 0 Å². The van der Waals surface area contributed by atoms with Gasteiger partial charge in [-0.3, -0.25) is 0 Å². The molecule has 1 rings (SSSR count). The minimum absolute atomic E-state index is 0.349. The van der Waals surface area contributed by atoms with Crippen LogP contribution in [0.2, 0.25) is 0 Å². The summed E-state index contributed by atoms with van der Waals surface area (Å²) in [6.07, 6.45) is 6.04. The molecule has 2 atom stereocenters. The molecule has 0 aliphatic rings. The Bertz CT molecular complexity index is 730. The number of aromatic nitrogens is 1. The van der Waals surface area contributed by atoms with Crippen molar-refractivity contribution in [1.29, 1.82) is 0 Å². The van der Waals surface area contributed by atoms with E-state index in [1.165, 1.54) is 5.57 Å².